The van der Waals surface area contributed by atoms with E-state index in [1.165, 1.54) is 30.4 Å². The van der Waals surface area contributed by atoms with Crippen LogP contribution in [0, 0.1) is 6.92 Å². The zero-order chi connectivity index (χ0) is 13.2. The molecule has 19 heavy (non-hydrogen) atoms. The Hall–Kier alpha value is -1.51. The zero-order valence-electron chi connectivity index (χ0n) is 11.7. The van der Waals surface area contributed by atoms with Gasteiger partial charge in [-0.15, -0.1) is 0 Å². The summed E-state index contributed by atoms with van der Waals surface area (Å²) in [7, 11) is 0. The average molecular weight is 257 g/mol. The molecule has 3 rings (SSSR count). The predicted molar refractivity (Wildman–Crippen MR) is 79.4 cm³/mol. The summed E-state index contributed by atoms with van der Waals surface area (Å²) in [5, 5.41) is 0. The van der Waals surface area contributed by atoms with Crippen LogP contribution < -0.4 is 5.73 Å². The highest BCUT2D eigenvalue weighted by atomic mass is 15.3. The van der Waals surface area contributed by atoms with E-state index >= 15 is 0 Å². The molecule has 1 saturated carbocycles. The van der Waals surface area contributed by atoms with Crippen LogP contribution in [0.3, 0.4) is 0 Å². The number of aryl methyl sites for hydroxylation is 1. The van der Waals surface area contributed by atoms with E-state index in [0.717, 1.165) is 25.5 Å². The maximum absolute atomic E-state index is 6.14. The topological polar surface area (TPSA) is 41.6 Å². The number of guanidine groups is 1. The van der Waals surface area contributed by atoms with Crippen molar-refractivity contribution < 1.29 is 0 Å². The van der Waals surface area contributed by atoms with Crippen molar-refractivity contribution in [1.82, 2.24) is 4.90 Å². The quantitative estimate of drug-likeness (QED) is 0.653. The minimum Gasteiger partial charge on any atom is -0.370 e. The van der Waals surface area contributed by atoms with E-state index in [9.17, 15) is 0 Å². The average Bonchev–Trinajstić information content (AvgIpc) is 3.19. The summed E-state index contributed by atoms with van der Waals surface area (Å²) in [6.07, 6.45) is 4.99. The monoisotopic (exact) mass is 257 g/mol. The van der Waals surface area contributed by atoms with Gasteiger partial charge in [-0.1, -0.05) is 24.3 Å². The molecule has 2 atom stereocenters. The molecule has 0 aromatic heterocycles. The number of hydrogen-bond acceptors (Lipinski definition) is 1. The number of rotatable bonds is 2. The van der Waals surface area contributed by atoms with Gasteiger partial charge in [0, 0.05) is 19.0 Å². The smallest absolute Gasteiger partial charge is 0.191 e. The van der Waals surface area contributed by atoms with Crippen LogP contribution in [-0.2, 0) is 0 Å². The minimum absolute atomic E-state index is 0.406. The van der Waals surface area contributed by atoms with Crippen LogP contribution in [0.1, 0.15) is 42.7 Å². The van der Waals surface area contributed by atoms with Gasteiger partial charge in [0.25, 0.3) is 0 Å². The summed E-state index contributed by atoms with van der Waals surface area (Å²) < 4.78 is 0. The largest absolute Gasteiger partial charge is 0.370 e. The number of hydrogen-bond donors (Lipinski definition) is 1. The van der Waals surface area contributed by atoms with Crippen LogP contribution in [0.25, 0.3) is 0 Å². The molecule has 1 aromatic rings. The molecular weight excluding hydrogens is 234 g/mol. The highest BCUT2D eigenvalue weighted by Gasteiger charge is 2.39. The molecule has 3 nitrogen and oxygen atoms in total. The van der Waals surface area contributed by atoms with E-state index in [4.69, 9.17) is 10.7 Å². The number of benzene rings is 1. The normalized spacial score (nSPS) is 27.4. The lowest BCUT2D eigenvalue weighted by Crippen LogP contribution is -2.41. The van der Waals surface area contributed by atoms with Gasteiger partial charge in [-0.3, -0.25) is 0 Å². The SMILES string of the molecule is Cc1ccccc1C1CC1N=C(N)N1CCCCC1. The predicted octanol–water partition coefficient (Wildman–Crippen LogP) is 2.65. The summed E-state index contributed by atoms with van der Waals surface area (Å²) in [6, 6.07) is 9.04. The molecule has 1 aliphatic carbocycles. The van der Waals surface area contributed by atoms with Crippen LogP contribution in [0.15, 0.2) is 29.3 Å². The minimum atomic E-state index is 0.406. The van der Waals surface area contributed by atoms with Crippen molar-refractivity contribution in [2.24, 2.45) is 10.7 Å². The van der Waals surface area contributed by atoms with E-state index < -0.39 is 0 Å². The van der Waals surface area contributed by atoms with E-state index in [-0.39, 0.29) is 0 Å². The summed E-state index contributed by atoms with van der Waals surface area (Å²) in [5.41, 5.74) is 8.97. The Balaban J connectivity index is 1.65. The molecule has 102 valence electrons. The van der Waals surface area contributed by atoms with Gasteiger partial charge >= 0.3 is 0 Å². The Bertz CT molecular complexity index is 475. The Morgan fingerprint density at radius 1 is 1.21 bits per heavy atom. The number of nitrogens with zero attached hydrogens (tertiary/aromatic N) is 2. The summed E-state index contributed by atoms with van der Waals surface area (Å²) in [5.74, 6) is 1.35. The van der Waals surface area contributed by atoms with Gasteiger partial charge in [-0.25, -0.2) is 4.99 Å². The van der Waals surface area contributed by atoms with Crippen molar-refractivity contribution >= 4 is 5.96 Å². The molecule has 0 bridgehead atoms. The highest BCUT2D eigenvalue weighted by molar-refractivity contribution is 5.78. The van der Waals surface area contributed by atoms with Gasteiger partial charge in [-0.2, -0.15) is 0 Å². The number of aliphatic imine (C=N–C) groups is 1. The first-order chi connectivity index (χ1) is 9.25. The molecule has 2 fully saturated rings. The Kier molecular flexibility index (Phi) is 3.45. The fourth-order valence-corrected chi connectivity index (χ4v) is 3.04. The van der Waals surface area contributed by atoms with Gasteiger partial charge in [0.05, 0.1) is 6.04 Å². The van der Waals surface area contributed by atoms with E-state index in [0.29, 0.717) is 12.0 Å². The third-order valence-electron chi connectivity index (χ3n) is 4.32. The number of piperidine rings is 1. The number of likely N-dealkylation sites (tertiary alicyclic amines) is 1. The Morgan fingerprint density at radius 2 is 1.95 bits per heavy atom. The molecule has 3 heteroatoms. The van der Waals surface area contributed by atoms with Gasteiger partial charge < -0.3 is 10.6 Å². The second kappa shape index (κ2) is 5.24. The van der Waals surface area contributed by atoms with Crippen LogP contribution in [0.4, 0.5) is 0 Å². The summed E-state index contributed by atoms with van der Waals surface area (Å²) >= 11 is 0. The molecule has 2 unspecified atom stereocenters. The van der Waals surface area contributed by atoms with Crippen LogP contribution in [0.2, 0.25) is 0 Å². The van der Waals surface area contributed by atoms with Crippen molar-refractivity contribution in [2.75, 3.05) is 13.1 Å². The molecule has 0 radical (unpaired) electrons. The number of nitrogens with two attached hydrogens (primary N) is 1. The van der Waals surface area contributed by atoms with E-state index in [2.05, 4.69) is 36.1 Å². The second-order valence-electron chi connectivity index (χ2n) is 5.80. The van der Waals surface area contributed by atoms with Gasteiger partial charge in [0.15, 0.2) is 5.96 Å². The van der Waals surface area contributed by atoms with Crippen molar-refractivity contribution in [2.45, 2.75) is 44.6 Å². The van der Waals surface area contributed by atoms with Crippen molar-refractivity contribution in [3.8, 4) is 0 Å². The summed E-state index contributed by atoms with van der Waals surface area (Å²) in [6.45, 7) is 4.34. The second-order valence-corrected chi connectivity index (χ2v) is 5.80. The standard InChI is InChI=1S/C16H23N3/c1-12-7-3-4-8-13(12)14-11-15(14)18-16(17)19-9-5-2-6-10-19/h3-4,7-8,14-15H,2,5-6,9-11H2,1H3,(H2,17,18). The lowest BCUT2D eigenvalue weighted by molar-refractivity contribution is 0.338. The molecule has 1 aliphatic heterocycles. The van der Waals surface area contributed by atoms with Crippen LogP contribution in [-0.4, -0.2) is 30.0 Å². The molecule has 1 saturated heterocycles. The molecule has 2 N–H and O–H groups in total. The van der Waals surface area contributed by atoms with Gasteiger partial charge in [0.2, 0.25) is 0 Å². The van der Waals surface area contributed by atoms with Crippen LogP contribution >= 0.6 is 0 Å². The van der Waals surface area contributed by atoms with E-state index in [1.54, 1.807) is 0 Å². The third kappa shape index (κ3) is 2.75. The van der Waals surface area contributed by atoms with Crippen molar-refractivity contribution in [1.29, 1.82) is 0 Å². The Morgan fingerprint density at radius 3 is 2.68 bits per heavy atom. The third-order valence-corrected chi connectivity index (χ3v) is 4.32. The first kappa shape index (κ1) is 12.5. The zero-order valence-corrected chi connectivity index (χ0v) is 11.7. The fraction of sp³-hybridized carbons (Fsp3) is 0.562. The van der Waals surface area contributed by atoms with Crippen molar-refractivity contribution in [3.63, 3.8) is 0 Å². The lowest BCUT2D eigenvalue weighted by Gasteiger charge is -2.27. The molecule has 1 aromatic carbocycles. The molecular formula is C16H23N3. The first-order valence-corrected chi connectivity index (χ1v) is 7.39. The molecule has 0 spiro atoms. The fourth-order valence-electron chi connectivity index (χ4n) is 3.04. The molecule has 0 amide bonds. The van der Waals surface area contributed by atoms with Crippen molar-refractivity contribution in [3.05, 3.63) is 35.4 Å². The highest BCUT2D eigenvalue weighted by Crippen LogP contribution is 2.44. The van der Waals surface area contributed by atoms with Crippen LogP contribution in [0.5, 0.6) is 0 Å². The lowest BCUT2D eigenvalue weighted by atomic mass is 10.0. The Labute approximate surface area is 115 Å². The first-order valence-electron chi connectivity index (χ1n) is 7.39. The molecule has 2 aliphatic rings. The van der Waals surface area contributed by atoms with Gasteiger partial charge in [0.1, 0.15) is 0 Å². The molecule has 1 heterocycles. The van der Waals surface area contributed by atoms with E-state index in [1.807, 2.05) is 0 Å². The summed E-state index contributed by atoms with van der Waals surface area (Å²) in [4.78, 5) is 6.98. The maximum atomic E-state index is 6.14. The maximum Gasteiger partial charge on any atom is 0.191 e. The van der Waals surface area contributed by atoms with Gasteiger partial charge in [-0.05, 0) is 43.7 Å².